The Bertz CT molecular complexity index is 848. The molecule has 1 aliphatic carbocycles. The van der Waals surface area contributed by atoms with Crippen LogP contribution in [-0.4, -0.2) is 31.6 Å². The van der Waals surface area contributed by atoms with E-state index >= 15 is 0 Å². The summed E-state index contributed by atoms with van der Waals surface area (Å²) in [4.78, 5) is 24.7. The first-order valence-corrected chi connectivity index (χ1v) is 9.95. The van der Waals surface area contributed by atoms with Gasteiger partial charge < -0.3 is 20.1 Å². The van der Waals surface area contributed by atoms with Crippen LogP contribution in [0.2, 0.25) is 0 Å². The Morgan fingerprint density at radius 3 is 2.41 bits per heavy atom. The van der Waals surface area contributed by atoms with E-state index in [-0.39, 0.29) is 29.8 Å². The third-order valence-electron chi connectivity index (χ3n) is 4.84. The van der Waals surface area contributed by atoms with Gasteiger partial charge in [-0.2, -0.15) is 0 Å². The molecule has 2 aromatic carbocycles. The van der Waals surface area contributed by atoms with Crippen molar-refractivity contribution in [1.82, 2.24) is 5.32 Å². The van der Waals surface area contributed by atoms with Crippen molar-refractivity contribution in [3.63, 3.8) is 0 Å². The highest BCUT2D eigenvalue weighted by Crippen LogP contribution is 2.39. The number of methoxy groups -OCH3 is 1. The summed E-state index contributed by atoms with van der Waals surface area (Å²) >= 11 is 0. The largest absolute Gasteiger partial charge is 0.496 e. The number of para-hydroxylation sites is 1. The van der Waals surface area contributed by atoms with Crippen LogP contribution in [0.4, 0.5) is 5.69 Å². The quantitative estimate of drug-likeness (QED) is 0.681. The Morgan fingerprint density at radius 2 is 1.72 bits per heavy atom. The molecule has 6 nitrogen and oxygen atoms in total. The van der Waals surface area contributed by atoms with E-state index in [1.807, 2.05) is 50.2 Å². The number of rotatable bonds is 9. The van der Waals surface area contributed by atoms with Crippen LogP contribution in [0.3, 0.4) is 0 Å². The summed E-state index contributed by atoms with van der Waals surface area (Å²) in [5, 5.41) is 5.80. The third kappa shape index (κ3) is 5.73. The maximum absolute atomic E-state index is 12.4. The number of amides is 2. The summed E-state index contributed by atoms with van der Waals surface area (Å²) in [6.07, 6.45) is 1.37. The fourth-order valence-corrected chi connectivity index (χ4v) is 3.26. The predicted octanol–water partition coefficient (Wildman–Crippen LogP) is 3.42. The predicted molar refractivity (Wildman–Crippen MR) is 112 cm³/mol. The molecule has 2 aromatic rings. The Balaban J connectivity index is 1.42. The van der Waals surface area contributed by atoms with E-state index in [4.69, 9.17) is 9.47 Å². The first-order valence-electron chi connectivity index (χ1n) is 9.95. The summed E-state index contributed by atoms with van der Waals surface area (Å²) < 4.78 is 10.9. The van der Waals surface area contributed by atoms with E-state index in [1.165, 1.54) is 0 Å². The second-order valence-corrected chi connectivity index (χ2v) is 7.48. The van der Waals surface area contributed by atoms with Crippen molar-refractivity contribution in [2.75, 3.05) is 19.0 Å². The van der Waals surface area contributed by atoms with Crippen LogP contribution in [0, 0.1) is 11.8 Å². The summed E-state index contributed by atoms with van der Waals surface area (Å²) in [5.41, 5.74) is 1.75. The molecule has 6 heteroatoms. The highest BCUT2D eigenvalue weighted by atomic mass is 16.5. The van der Waals surface area contributed by atoms with E-state index in [2.05, 4.69) is 10.6 Å². The Morgan fingerprint density at radius 1 is 1.03 bits per heavy atom. The maximum atomic E-state index is 12.4. The molecule has 0 bridgehead atoms. The topological polar surface area (TPSA) is 76.7 Å². The normalized spacial score (nSPS) is 17.5. The van der Waals surface area contributed by atoms with Gasteiger partial charge in [0.2, 0.25) is 11.8 Å². The van der Waals surface area contributed by atoms with Crippen LogP contribution < -0.4 is 20.1 Å². The monoisotopic (exact) mass is 396 g/mol. The number of carbonyl (C=O) groups is 2. The zero-order valence-corrected chi connectivity index (χ0v) is 17.1. The molecule has 1 saturated carbocycles. The molecule has 2 unspecified atom stereocenters. The van der Waals surface area contributed by atoms with E-state index < -0.39 is 0 Å². The number of ether oxygens (including phenoxy) is 2. The number of hydrogen-bond acceptors (Lipinski definition) is 4. The number of benzene rings is 2. The van der Waals surface area contributed by atoms with Gasteiger partial charge in [0.15, 0.2) is 0 Å². The van der Waals surface area contributed by atoms with Crippen molar-refractivity contribution in [1.29, 1.82) is 0 Å². The molecule has 2 amide bonds. The number of carbonyl (C=O) groups excluding carboxylic acids is 2. The minimum absolute atomic E-state index is 0.0688. The van der Waals surface area contributed by atoms with Crippen LogP contribution in [0.5, 0.6) is 11.5 Å². The molecule has 1 fully saturated rings. The van der Waals surface area contributed by atoms with Gasteiger partial charge >= 0.3 is 0 Å². The van der Waals surface area contributed by atoms with Crippen molar-refractivity contribution < 1.29 is 19.1 Å². The van der Waals surface area contributed by atoms with Crippen molar-refractivity contribution in [3.8, 4) is 11.5 Å². The molecular formula is C23H28N2O4. The van der Waals surface area contributed by atoms with Crippen LogP contribution in [0.25, 0.3) is 0 Å². The number of nitrogens with one attached hydrogen (secondary N) is 2. The molecule has 0 heterocycles. The van der Waals surface area contributed by atoms with Gasteiger partial charge in [0.25, 0.3) is 0 Å². The molecule has 2 atom stereocenters. The molecule has 0 aliphatic heterocycles. The minimum Gasteiger partial charge on any atom is -0.496 e. The van der Waals surface area contributed by atoms with Gasteiger partial charge in [-0.15, -0.1) is 0 Å². The zero-order chi connectivity index (χ0) is 20.8. The Labute approximate surface area is 171 Å². The summed E-state index contributed by atoms with van der Waals surface area (Å²) in [6.45, 7) is 4.44. The Kier molecular flexibility index (Phi) is 6.75. The molecule has 154 valence electrons. The maximum Gasteiger partial charge on any atom is 0.228 e. The highest BCUT2D eigenvalue weighted by Gasteiger charge is 2.47. The first kappa shape index (κ1) is 20.7. The highest BCUT2D eigenvalue weighted by molar-refractivity contribution is 5.99. The second kappa shape index (κ2) is 9.45. The molecular weight excluding hydrogens is 368 g/mol. The van der Waals surface area contributed by atoms with E-state index in [1.54, 1.807) is 19.2 Å². The lowest BCUT2D eigenvalue weighted by Gasteiger charge is -2.11. The van der Waals surface area contributed by atoms with Gasteiger partial charge in [0.05, 0.1) is 25.0 Å². The standard InChI is InChI=1S/C23H28N2O4/c1-15(2)29-18-10-8-17(9-11-18)25-23(27)20-14-19(20)22(26)24-13-12-16-6-4-5-7-21(16)28-3/h4-11,15,19-20H,12-14H2,1-3H3,(H,24,26)(H,25,27). The number of hydrogen-bond donors (Lipinski definition) is 2. The second-order valence-electron chi connectivity index (χ2n) is 7.48. The van der Waals surface area contributed by atoms with E-state index in [9.17, 15) is 9.59 Å². The van der Waals surface area contributed by atoms with Crippen molar-refractivity contribution in [2.24, 2.45) is 11.8 Å². The lowest BCUT2D eigenvalue weighted by molar-refractivity contribution is -0.125. The average Bonchev–Trinajstić information content (AvgIpc) is 3.50. The van der Waals surface area contributed by atoms with Crippen molar-refractivity contribution >= 4 is 17.5 Å². The minimum atomic E-state index is -0.271. The molecule has 3 rings (SSSR count). The lowest BCUT2D eigenvalue weighted by Crippen LogP contribution is -2.29. The van der Waals surface area contributed by atoms with Gasteiger partial charge in [0, 0.05) is 12.2 Å². The third-order valence-corrected chi connectivity index (χ3v) is 4.84. The molecule has 0 aromatic heterocycles. The lowest BCUT2D eigenvalue weighted by atomic mass is 10.1. The SMILES string of the molecule is COc1ccccc1CCNC(=O)C1CC1C(=O)Nc1ccc(OC(C)C)cc1. The molecule has 0 spiro atoms. The Hall–Kier alpha value is -3.02. The van der Waals surface area contributed by atoms with Gasteiger partial charge in [-0.3, -0.25) is 9.59 Å². The molecule has 1 aliphatic rings. The van der Waals surface area contributed by atoms with Gasteiger partial charge in [0.1, 0.15) is 11.5 Å². The van der Waals surface area contributed by atoms with Crippen LogP contribution in [0.15, 0.2) is 48.5 Å². The van der Waals surface area contributed by atoms with Crippen molar-refractivity contribution in [2.45, 2.75) is 32.8 Å². The van der Waals surface area contributed by atoms with Gasteiger partial charge in [-0.1, -0.05) is 18.2 Å². The molecule has 2 N–H and O–H groups in total. The summed E-state index contributed by atoms with van der Waals surface area (Å²) in [7, 11) is 1.63. The summed E-state index contributed by atoms with van der Waals surface area (Å²) in [5.74, 6) is 0.865. The first-order chi connectivity index (χ1) is 14.0. The molecule has 0 radical (unpaired) electrons. The van der Waals surface area contributed by atoms with Crippen molar-refractivity contribution in [3.05, 3.63) is 54.1 Å². The molecule has 29 heavy (non-hydrogen) atoms. The van der Waals surface area contributed by atoms with E-state index in [0.29, 0.717) is 25.1 Å². The molecule has 0 saturated heterocycles. The van der Waals surface area contributed by atoms with Crippen LogP contribution in [-0.2, 0) is 16.0 Å². The van der Waals surface area contributed by atoms with Crippen LogP contribution in [0.1, 0.15) is 25.8 Å². The van der Waals surface area contributed by atoms with Crippen LogP contribution >= 0.6 is 0 Å². The average molecular weight is 396 g/mol. The van der Waals surface area contributed by atoms with Gasteiger partial charge in [-0.05, 0) is 62.6 Å². The van der Waals surface area contributed by atoms with E-state index in [0.717, 1.165) is 17.1 Å². The fraction of sp³-hybridized carbons (Fsp3) is 0.391. The number of anilines is 1. The smallest absolute Gasteiger partial charge is 0.228 e. The fourth-order valence-electron chi connectivity index (χ4n) is 3.26. The summed E-state index contributed by atoms with van der Waals surface area (Å²) in [6, 6.07) is 15.0. The zero-order valence-electron chi connectivity index (χ0n) is 17.1. The van der Waals surface area contributed by atoms with Gasteiger partial charge in [-0.25, -0.2) is 0 Å².